The molecule has 1 saturated heterocycles. The smallest absolute Gasteiger partial charge is 0.239 e. The Morgan fingerprint density at radius 3 is 2.52 bits per heavy atom. The van der Waals surface area contributed by atoms with E-state index in [1.165, 1.54) is 5.56 Å². The van der Waals surface area contributed by atoms with Crippen LogP contribution in [0, 0.1) is 6.92 Å². The van der Waals surface area contributed by atoms with Crippen LogP contribution in [0.2, 0.25) is 0 Å². The second-order valence-electron chi connectivity index (χ2n) is 6.35. The molecular weight excluding hydrogens is 290 g/mol. The molecule has 5 nitrogen and oxygen atoms in total. The standard InChI is InChI=1S/C18H29N3O2/c1-14-5-7-15(8-6-14)23-16-9-12-21(13-10-16)18(22)17(20)4-2-3-11-19/h5-8,16-17H,2-4,9-13,19-20H2,1H3/t17-/m0/s1. The van der Waals surface area contributed by atoms with E-state index in [4.69, 9.17) is 16.2 Å². The summed E-state index contributed by atoms with van der Waals surface area (Å²) in [6, 6.07) is 7.71. The van der Waals surface area contributed by atoms with Crippen LogP contribution in [0.25, 0.3) is 0 Å². The molecule has 4 N–H and O–H groups in total. The van der Waals surface area contributed by atoms with Gasteiger partial charge >= 0.3 is 0 Å². The zero-order valence-electron chi connectivity index (χ0n) is 14.0. The lowest BCUT2D eigenvalue weighted by Crippen LogP contribution is -2.48. The van der Waals surface area contributed by atoms with Gasteiger partial charge in [-0.25, -0.2) is 0 Å². The van der Waals surface area contributed by atoms with Crippen LogP contribution in [0.3, 0.4) is 0 Å². The van der Waals surface area contributed by atoms with E-state index in [9.17, 15) is 4.79 Å². The SMILES string of the molecule is Cc1ccc(OC2CCN(C(=O)[C@@H](N)CCCCN)CC2)cc1. The number of likely N-dealkylation sites (tertiary alicyclic amines) is 1. The predicted molar refractivity (Wildman–Crippen MR) is 92.3 cm³/mol. The fourth-order valence-electron chi connectivity index (χ4n) is 2.87. The fraction of sp³-hybridized carbons (Fsp3) is 0.611. The normalized spacial score (nSPS) is 17.1. The van der Waals surface area contributed by atoms with Crippen molar-refractivity contribution in [3.05, 3.63) is 29.8 Å². The molecule has 0 unspecified atom stereocenters. The number of piperidine rings is 1. The Morgan fingerprint density at radius 2 is 1.91 bits per heavy atom. The minimum Gasteiger partial charge on any atom is -0.490 e. The molecule has 2 rings (SSSR count). The van der Waals surface area contributed by atoms with Crippen LogP contribution in [0.15, 0.2) is 24.3 Å². The first-order valence-corrected chi connectivity index (χ1v) is 8.58. The minimum atomic E-state index is -0.392. The predicted octanol–water partition coefficient (Wildman–Crippen LogP) is 1.82. The van der Waals surface area contributed by atoms with Crippen LogP contribution >= 0.6 is 0 Å². The first-order valence-electron chi connectivity index (χ1n) is 8.58. The number of hydrogen-bond acceptors (Lipinski definition) is 4. The molecule has 0 aromatic heterocycles. The number of nitrogens with zero attached hydrogens (tertiary/aromatic N) is 1. The summed E-state index contributed by atoms with van der Waals surface area (Å²) in [5.41, 5.74) is 12.7. The van der Waals surface area contributed by atoms with Crippen molar-refractivity contribution in [2.75, 3.05) is 19.6 Å². The molecule has 5 heteroatoms. The van der Waals surface area contributed by atoms with E-state index in [0.717, 1.165) is 50.9 Å². The Labute approximate surface area is 139 Å². The zero-order chi connectivity index (χ0) is 16.7. The monoisotopic (exact) mass is 319 g/mol. The third kappa shape index (κ3) is 5.52. The molecule has 1 fully saturated rings. The first-order chi connectivity index (χ1) is 11.1. The lowest BCUT2D eigenvalue weighted by atomic mass is 10.0. The second-order valence-corrected chi connectivity index (χ2v) is 6.35. The van der Waals surface area contributed by atoms with E-state index < -0.39 is 6.04 Å². The van der Waals surface area contributed by atoms with Crippen LogP contribution in [0.1, 0.15) is 37.7 Å². The number of rotatable bonds is 7. The van der Waals surface area contributed by atoms with Crippen molar-refractivity contribution in [1.82, 2.24) is 4.90 Å². The van der Waals surface area contributed by atoms with Crippen LogP contribution in [0.4, 0.5) is 0 Å². The first kappa shape index (κ1) is 17.8. The molecule has 0 saturated carbocycles. The number of nitrogens with two attached hydrogens (primary N) is 2. The molecule has 0 spiro atoms. The van der Waals surface area contributed by atoms with Gasteiger partial charge in [-0.2, -0.15) is 0 Å². The zero-order valence-corrected chi connectivity index (χ0v) is 14.0. The van der Waals surface area contributed by atoms with E-state index in [-0.39, 0.29) is 12.0 Å². The van der Waals surface area contributed by atoms with E-state index >= 15 is 0 Å². The average Bonchev–Trinajstić information content (AvgIpc) is 2.57. The summed E-state index contributed by atoms with van der Waals surface area (Å²) in [5, 5.41) is 0. The lowest BCUT2D eigenvalue weighted by Gasteiger charge is -2.33. The van der Waals surface area contributed by atoms with Crippen LogP contribution in [-0.4, -0.2) is 42.6 Å². The van der Waals surface area contributed by atoms with E-state index in [1.807, 2.05) is 29.2 Å². The molecule has 1 aliphatic rings. The van der Waals surface area contributed by atoms with Crippen LogP contribution < -0.4 is 16.2 Å². The van der Waals surface area contributed by atoms with E-state index in [1.54, 1.807) is 0 Å². The molecule has 0 aliphatic carbocycles. The van der Waals surface area contributed by atoms with Crippen molar-refractivity contribution < 1.29 is 9.53 Å². The maximum Gasteiger partial charge on any atom is 0.239 e. The van der Waals surface area contributed by atoms with Gasteiger partial charge < -0.3 is 21.1 Å². The highest BCUT2D eigenvalue weighted by molar-refractivity contribution is 5.81. The van der Waals surface area contributed by atoms with E-state index in [0.29, 0.717) is 6.54 Å². The molecular formula is C18H29N3O2. The number of hydrogen-bond donors (Lipinski definition) is 2. The largest absolute Gasteiger partial charge is 0.490 e. The van der Waals surface area contributed by atoms with Gasteiger partial charge in [-0.15, -0.1) is 0 Å². The minimum absolute atomic E-state index is 0.0656. The van der Waals surface area contributed by atoms with Crippen molar-refractivity contribution in [3.63, 3.8) is 0 Å². The van der Waals surface area contributed by atoms with Crippen LogP contribution in [0.5, 0.6) is 5.75 Å². The molecule has 0 radical (unpaired) electrons. The van der Waals surface area contributed by atoms with Gasteiger partial charge in [0, 0.05) is 25.9 Å². The fourth-order valence-corrected chi connectivity index (χ4v) is 2.87. The number of benzene rings is 1. The quantitative estimate of drug-likeness (QED) is 0.751. The van der Waals surface area contributed by atoms with E-state index in [2.05, 4.69) is 6.92 Å². The molecule has 1 atom stereocenters. The number of amides is 1. The van der Waals surface area contributed by atoms with Gasteiger partial charge in [0.1, 0.15) is 11.9 Å². The number of unbranched alkanes of at least 4 members (excludes halogenated alkanes) is 1. The summed E-state index contributed by atoms with van der Waals surface area (Å²) in [6.45, 7) is 4.16. The second kappa shape index (κ2) is 8.89. The molecule has 128 valence electrons. The Hall–Kier alpha value is -1.59. The summed E-state index contributed by atoms with van der Waals surface area (Å²) in [6.07, 6.45) is 4.44. The van der Waals surface area contributed by atoms with Crippen molar-refractivity contribution in [2.45, 2.75) is 51.2 Å². The highest BCUT2D eigenvalue weighted by Gasteiger charge is 2.26. The lowest BCUT2D eigenvalue weighted by molar-refractivity contribution is -0.134. The maximum atomic E-state index is 12.3. The molecule has 1 aliphatic heterocycles. The summed E-state index contributed by atoms with van der Waals surface area (Å²) in [4.78, 5) is 14.2. The summed E-state index contributed by atoms with van der Waals surface area (Å²) < 4.78 is 6.00. The van der Waals surface area contributed by atoms with Gasteiger partial charge in [-0.05, 0) is 38.4 Å². The number of carbonyl (C=O) groups is 1. The third-order valence-electron chi connectivity index (χ3n) is 4.36. The number of aryl methyl sites for hydroxylation is 1. The van der Waals surface area contributed by atoms with Crippen molar-refractivity contribution in [1.29, 1.82) is 0 Å². The Balaban J connectivity index is 1.74. The van der Waals surface area contributed by atoms with Gasteiger partial charge in [0.25, 0.3) is 0 Å². The van der Waals surface area contributed by atoms with Crippen LogP contribution in [-0.2, 0) is 4.79 Å². The highest BCUT2D eigenvalue weighted by atomic mass is 16.5. The Kier molecular flexibility index (Phi) is 6.86. The summed E-state index contributed by atoms with van der Waals surface area (Å²) in [5.74, 6) is 0.967. The van der Waals surface area contributed by atoms with Gasteiger partial charge in [0.05, 0.1) is 6.04 Å². The molecule has 23 heavy (non-hydrogen) atoms. The summed E-state index contributed by atoms with van der Waals surface area (Å²) >= 11 is 0. The Bertz CT molecular complexity index is 482. The van der Waals surface area contributed by atoms with Crippen molar-refractivity contribution in [2.24, 2.45) is 11.5 Å². The van der Waals surface area contributed by atoms with Crippen molar-refractivity contribution in [3.8, 4) is 5.75 Å². The molecule has 1 amide bonds. The summed E-state index contributed by atoms with van der Waals surface area (Å²) in [7, 11) is 0. The van der Waals surface area contributed by atoms with Gasteiger partial charge in [-0.1, -0.05) is 24.1 Å². The third-order valence-corrected chi connectivity index (χ3v) is 4.36. The topological polar surface area (TPSA) is 81.6 Å². The molecule has 1 heterocycles. The molecule has 0 bridgehead atoms. The van der Waals surface area contributed by atoms with Crippen molar-refractivity contribution >= 4 is 5.91 Å². The number of ether oxygens (including phenoxy) is 1. The number of carbonyl (C=O) groups excluding carboxylic acids is 1. The highest BCUT2D eigenvalue weighted by Crippen LogP contribution is 2.20. The molecule has 1 aromatic carbocycles. The average molecular weight is 319 g/mol. The molecule has 1 aromatic rings. The van der Waals surface area contributed by atoms with Gasteiger partial charge in [-0.3, -0.25) is 4.79 Å². The van der Waals surface area contributed by atoms with Gasteiger partial charge in [0.2, 0.25) is 5.91 Å². The maximum absolute atomic E-state index is 12.3. The van der Waals surface area contributed by atoms with Gasteiger partial charge in [0.15, 0.2) is 0 Å². The Morgan fingerprint density at radius 1 is 1.26 bits per heavy atom.